The van der Waals surface area contributed by atoms with Crippen molar-refractivity contribution in [3.63, 3.8) is 0 Å². The number of rotatable bonds is 6. The molecule has 1 aromatic carbocycles. The number of aryl methyl sites for hydroxylation is 1. The Bertz CT molecular complexity index is 1160. The lowest BCUT2D eigenvalue weighted by Crippen LogP contribution is -2.43. The zero-order chi connectivity index (χ0) is 32.0. The zero-order valence-corrected chi connectivity index (χ0v) is 26.2. The fourth-order valence-corrected chi connectivity index (χ4v) is 4.84. The number of hydrogen-bond acceptors (Lipinski definition) is 7. The third kappa shape index (κ3) is 12.8. The first kappa shape index (κ1) is 35.8. The highest BCUT2D eigenvalue weighted by molar-refractivity contribution is 5.95. The summed E-state index contributed by atoms with van der Waals surface area (Å²) in [5.74, 6) is 1.23. The van der Waals surface area contributed by atoms with Crippen LogP contribution in [0.15, 0.2) is 24.4 Å². The Morgan fingerprint density at radius 1 is 1.09 bits per heavy atom. The Morgan fingerprint density at radius 2 is 1.74 bits per heavy atom. The number of hydrogen-bond donors (Lipinski definition) is 3. The van der Waals surface area contributed by atoms with E-state index < -0.39 is 11.7 Å². The normalized spacial score (nSPS) is 16.1. The molecule has 2 amide bonds. The van der Waals surface area contributed by atoms with Gasteiger partial charge in [0, 0.05) is 31.3 Å². The van der Waals surface area contributed by atoms with E-state index in [1.165, 1.54) is 53.1 Å². The smallest absolute Gasteiger partial charge is 0.419 e. The number of aromatic nitrogens is 2. The van der Waals surface area contributed by atoms with Crippen LogP contribution in [0.4, 0.5) is 24.8 Å². The Balaban J connectivity index is 0.000000409. The third-order valence-corrected chi connectivity index (χ3v) is 7.37. The molecule has 2 heterocycles. The van der Waals surface area contributed by atoms with Crippen molar-refractivity contribution in [2.45, 2.75) is 84.9 Å². The molecule has 240 valence electrons. The average Bonchev–Trinajstić information content (AvgIpc) is 2.95. The van der Waals surface area contributed by atoms with E-state index in [0.717, 1.165) is 44.6 Å². The molecule has 0 bridgehead atoms. The maximum Gasteiger partial charge on any atom is 0.419 e. The summed E-state index contributed by atoms with van der Waals surface area (Å²) in [5, 5.41) is 8.44. The van der Waals surface area contributed by atoms with Gasteiger partial charge >= 0.3 is 6.18 Å². The molecule has 2 fully saturated rings. The maximum absolute atomic E-state index is 12.9. The summed E-state index contributed by atoms with van der Waals surface area (Å²) in [6.07, 6.45) is 5.45. The van der Waals surface area contributed by atoms with Crippen LogP contribution in [-0.4, -0.2) is 66.5 Å². The number of benzene rings is 1. The van der Waals surface area contributed by atoms with E-state index in [2.05, 4.69) is 44.8 Å². The van der Waals surface area contributed by atoms with Gasteiger partial charge in [-0.05, 0) is 70.9 Å². The van der Waals surface area contributed by atoms with E-state index in [1.54, 1.807) is 18.2 Å². The van der Waals surface area contributed by atoms with Gasteiger partial charge in [-0.1, -0.05) is 39.0 Å². The van der Waals surface area contributed by atoms with Crippen molar-refractivity contribution in [1.29, 1.82) is 0 Å². The van der Waals surface area contributed by atoms with Crippen molar-refractivity contribution < 1.29 is 27.5 Å². The SMILES string of the molecule is CC1CCCCC1.CCNC(C)=O.COc1cc(C(=O)NC2CCN(C)CC2)ccc1Nc1ncc(C(F)(F)F)c(C)n1. The Hall–Kier alpha value is -3.41. The second kappa shape index (κ2) is 17.6. The van der Waals surface area contributed by atoms with Gasteiger partial charge < -0.3 is 25.6 Å². The Kier molecular flexibility index (Phi) is 14.7. The van der Waals surface area contributed by atoms with Crippen LogP contribution in [0, 0.1) is 12.8 Å². The number of piperidine rings is 1. The monoisotopic (exact) mass is 608 g/mol. The number of ether oxygens (including phenoxy) is 1. The second-order valence-corrected chi connectivity index (χ2v) is 11.1. The molecule has 12 heteroatoms. The molecular formula is C31H47F3N6O3. The molecule has 0 radical (unpaired) electrons. The van der Waals surface area contributed by atoms with Crippen LogP contribution in [-0.2, 0) is 11.0 Å². The molecule has 4 rings (SSSR count). The van der Waals surface area contributed by atoms with Crippen molar-refractivity contribution in [3.05, 3.63) is 41.2 Å². The highest BCUT2D eigenvalue weighted by Gasteiger charge is 2.33. The minimum absolute atomic E-state index is 0.00215. The largest absolute Gasteiger partial charge is 0.495 e. The molecule has 1 aromatic heterocycles. The summed E-state index contributed by atoms with van der Waals surface area (Å²) >= 11 is 0. The van der Waals surface area contributed by atoms with Crippen molar-refractivity contribution in [2.24, 2.45) is 5.92 Å². The van der Waals surface area contributed by atoms with Gasteiger partial charge in [0.2, 0.25) is 11.9 Å². The second-order valence-electron chi connectivity index (χ2n) is 11.1. The van der Waals surface area contributed by atoms with E-state index in [-0.39, 0.29) is 29.5 Å². The first-order valence-electron chi connectivity index (χ1n) is 14.9. The first-order chi connectivity index (χ1) is 20.3. The molecule has 0 unspecified atom stereocenters. The lowest BCUT2D eigenvalue weighted by atomic mass is 9.91. The first-order valence-corrected chi connectivity index (χ1v) is 14.9. The summed E-state index contributed by atoms with van der Waals surface area (Å²) < 4.78 is 44.0. The van der Waals surface area contributed by atoms with Gasteiger partial charge in [0.25, 0.3) is 5.91 Å². The topological polar surface area (TPSA) is 108 Å². The van der Waals surface area contributed by atoms with E-state index in [4.69, 9.17) is 4.74 Å². The predicted octanol–water partition coefficient (Wildman–Crippen LogP) is 6.11. The molecule has 1 aliphatic carbocycles. The van der Waals surface area contributed by atoms with Crippen LogP contribution in [0.25, 0.3) is 0 Å². The molecule has 2 aromatic rings. The molecule has 1 saturated carbocycles. The lowest BCUT2D eigenvalue weighted by molar-refractivity contribution is -0.138. The van der Waals surface area contributed by atoms with Gasteiger partial charge in [0.15, 0.2) is 0 Å². The molecule has 2 aliphatic rings. The number of methoxy groups -OCH3 is 1. The summed E-state index contributed by atoms with van der Waals surface area (Å²) in [7, 11) is 3.49. The lowest BCUT2D eigenvalue weighted by Gasteiger charge is -2.29. The van der Waals surface area contributed by atoms with Crippen LogP contribution >= 0.6 is 0 Å². The number of nitrogens with one attached hydrogen (secondary N) is 3. The molecule has 9 nitrogen and oxygen atoms in total. The highest BCUT2D eigenvalue weighted by Crippen LogP contribution is 2.32. The standard InChI is InChI=1S/C20H24F3N5O2.C7H14.C4H9NO/c1-12-15(20(21,22)23)11-24-19(25-12)27-16-5-4-13(10-17(16)30-3)18(29)26-14-6-8-28(2)9-7-14;1-7-5-3-2-4-6-7;1-3-5-4(2)6/h4-5,10-11,14H,6-9H2,1-3H3,(H,26,29)(H,24,25,27);7H,2-6H2,1H3;3H2,1-2H3,(H,5,6). The van der Waals surface area contributed by atoms with Crippen molar-refractivity contribution >= 4 is 23.5 Å². The summed E-state index contributed by atoms with van der Waals surface area (Å²) in [6, 6.07) is 4.93. The quantitative estimate of drug-likeness (QED) is 0.363. The minimum atomic E-state index is -4.51. The van der Waals surface area contributed by atoms with Gasteiger partial charge in [-0.25, -0.2) is 9.97 Å². The number of amides is 2. The fraction of sp³-hybridized carbons (Fsp3) is 0.613. The number of carbonyl (C=O) groups excluding carboxylic acids is 2. The number of nitrogens with zero attached hydrogens (tertiary/aromatic N) is 3. The molecular weight excluding hydrogens is 561 g/mol. The summed E-state index contributed by atoms with van der Waals surface area (Å²) in [5.41, 5.74) is -0.206. The number of likely N-dealkylation sites (tertiary alicyclic amines) is 1. The zero-order valence-electron chi connectivity index (χ0n) is 26.2. The average molecular weight is 609 g/mol. The van der Waals surface area contributed by atoms with Gasteiger partial charge in [-0.15, -0.1) is 0 Å². The number of carbonyl (C=O) groups is 2. The predicted molar refractivity (Wildman–Crippen MR) is 163 cm³/mol. The van der Waals surface area contributed by atoms with Crippen molar-refractivity contribution in [3.8, 4) is 5.75 Å². The van der Waals surface area contributed by atoms with Gasteiger partial charge in [0.05, 0.1) is 24.1 Å². The van der Waals surface area contributed by atoms with E-state index >= 15 is 0 Å². The van der Waals surface area contributed by atoms with Crippen molar-refractivity contribution in [1.82, 2.24) is 25.5 Å². The summed E-state index contributed by atoms with van der Waals surface area (Å²) in [4.78, 5) is 32.3. The van der Waals surface area contributed by atoms with Crippen LogP contribution in [0.2, 0.25) is 0 Å². The van der Waals surface area contributed by atoms with Crippen LogP contribution in [0.3, 0.4) is 0 Å². The number of anilines is 2. The fourth-order valence-electron chi connectivity index (χ4n) is 4.84. The molecule has 43 heavy (non-hydrogen) atoms. The minimum Gasteiger partial charge on any atom is -0.495 e. The van der Waals surface area contributed by atoms with Crippen LogP contribution in [0.5, 0.6) is 5.75 Å². The van der Waals surface area contributed by atoms with E-state index in [1.807, 2.05) is 6.92 Å². The van der Waals surface area contributed by atoms with Crippen LogP contribution < -0.4 is 20.7 Å². The highest BCUT2D eigenvalue weighted by atomic mass is 19.4. The molecule has 0 atom stereocenters. The molecule has 3 N–H and O–H groups in total. The van der Waals surface area contributed by atoms with Gasteiger partial charge in [0.1, 0.15) is 5.75 Å². The Morgan fingerprint density at radius 3 is 2.21 bits per heavy atom. The maximum atomic E-state index is 12.9. The Labute approximate surface area is 253 Å². The molecule has 1 saturated heterocycles. The van der Waals surface area contributed by atoms with E-state index in [0.29, 0.717) is 17.0 Å². The van der Waals surface area contributed by atoms with E-state index in [9.17, 15) is 22.8 Å². The number of alkyl halides is 3. The number of halogens is 3. The molecule has 0 spiro atoms. The molecule has 1 aliphatic heterocycles. The van der Waals surface area contributed by atoms with Gasteiger partial charge in [-0.2, -0.15) is 13.2 Å². The third-order valence-electron chi connectivity index (χ3n) is 7.37. The van der Waals surface area contributed by atoms with Crippen molar-refractivity contribution in [2.75, 3.05) is 39.1 Å². The van der Waals surface area contributed by atoms with Gasteiger partial charge in [-0.3, -0.25) is 9.59 Å². The van der Waals surface area contributed by atoms with Crippen LogP contribution in [0.1, 0.15) is 87.3 Å². The summed E-state index contributed by atoms with van der Waals surface area (Å²) in [6.45, 7) is 9.62.